The van der Waals surface area contributed by atoms with Crippen LogP contribution in [0.1, 0.15) is 29.5 Å². The van der Waals surface area contributed by atoms with E-state index in [9.17, 15) is 0 Å². The van der Waals surface area contributed by atoms with Crippen molar-refractivity contribution in [3.8, 4) is 11.1 Å². The Morgan fingerprint density at radius 1 is 0.923 bits per heavy atom. The molecule has 2 aromatic carbocycles. The quantitative estimate of drug-likeness (QED) is 0.599. The molecular formula is C24H22N2. The highest BCUT2D eigenvalue weighted by molar-refractivity contribution is 6.15. The summed E-state index contributed by atoms with van der Waals surface area (Å²) >= 11 is 0. The van der Waals surface area contributed by atoms with Gasteiger partial charge in [-0.05, 0) is 71.9 Å². The van der Waals surface area contributed by atoms with Gasteiger partial charge in [-0.2, -0.15) is 0 Å². The fourth-order valence-electron chi connectivity index (χ4n) is 3.49. The van der Waals surface area contributed by atoms with Crippen LogP contribution in [0.4, 0.5) is 0 Å². The van der Waals surface area contributed by atoms with Crippen LogP contribution in [0.2, 0.25) is 0 Å². The molecule has 1 aliphatic heterocycles. The van der Waals surface area contributed by atoms with Crippen LogP contribution in [-0.4, -0.2) is 17.2 Å². The monoisotopic (exact) mass is 338 g/mol. The maximum absolute atomic E-state index is 4.78. The molecule has 0 spiro atoms. The first-order chi connectivity index (χ1) is 12.8. The van der Waals surface area contributed by atoms with Crippen LogP contribution in [0.15, 0.2) is 83.6 Å². The summed E-state index contributed by atoms with van der Waals surface area (Å²) in [5.41, 5.74) is 8.56. The number of aryl methyl sites for hydroxylation is 1. The maximum atomic E-state index is 4.78. The van der Waals surface area contributed by atoms with Crippen molar-refractivity contribution >= 4 is 11.8 Å². The maximum Gasteiger partial charge on any atom is 0.0694 e. The van der Waals surface area contributed by atoms with Gasteiger partial charge in [-0.1, -0.05) is 42.5 Å². The minimum absolute atomic E-state index is 0.894. The van der Waals surface area contributed by atoms with Gasteiger partial charge in [0, 0.05) is 24.5 Å². The molecule has 2 heterocycles. The van der Waals surface area contributed by atoms with Crippen LogP contribution in [0.5, 0.6) is 0 Å². The summed E-state index contributed by atoms with van der Waals surface area (Å²) in [5, 5.41) is 0. The number of pyridine rings is 1. The summed E-state index contributed by atoms with van der Waals surface area (Å²) < 4.78 is 0. The van der Waals surface area contributed by atoms with Gasteiger partial charge in [0.2, 0.25) is 0 Å². The number of aromatic nitrogens is 1. The predicted octanol–water partition coefficient (Wildman–Crippen LogP) is 5.72. The summed E-state index contributed by atoms with van der Waals surface area (Å²) in [7, 11) is 0. The van der Waals surface area contributed by atoms with Crippen molar-refractivity contribution in [2.45, 2.75) is 19.8 Å². The molecule has 0 unspecified atom stereocenters. The standard InChI is InChI=1S/C24H22N2/c1-18-7-2-3-12-23(18)20-9-4-8-19(15-20)16-21-10-6-14-26-24(21)22-11-5-13-25-17-22/h2-5,7-9,11-13,15-17H,6,10,14H2,1H3/b21-16-. The van der Waals surface area contributed by atoms with Crippen LogP contribution in [0.25, 0.3) is 17.2 Å². The van der Waals surface area contributed by atoms with Crippen molar-refractivity contribution < 1.29 is 0 Å². The van der Waals surface area contributed by atoms with Gasteiger partial charge in [0.15, 0.2) is 0 Å². The van der Waals surface area contributed by atoms with E-state index in [2.05, 4.69) is 72.6 Å². The molecule has 26 heavy (non-hydrogen) atoms. The lowest BCUT2D eigenvalue weighted by Crippen LogP contribution is -2.11. The zero-order chi connectivity index (χ0) is 17.8. The van der Waals surface area contributed by atoms with E-state index in [1.54, 1.807) is 0 Å². The van der Waals surface area contributed by atoms with E-state index in [4.69, 9.17) is 4.99 Å². The predicted molar refractivity (Wildman–Crippen MR) is 109 cm³/mol. The SMILES string of the molecule is Cc1ccccc1-c1cccc(/C=C2/CCCN=C2c2cccnc2)c1. The van der Waals surface area contributed by atoms with Gasteiger partial charge in [-0.25, -0.2) is 0 Å². The lowest BCUT2D eigenvalue weighted by molar-refractivity contribution is 0.818. The fraction of sp³-hybridized carbons (Fsp3) is 0.167. The van der Waals surface area contributed by atoms with E-state index < -0.39 is 0 Å². The summed E-state index contributed by atoms with van der Waals surface area (Å²) in [6, 6.07) is 21.4. The van der Waals surface area contributed by atoms with Crippen molar-refractivity contribution in [1.29, 1.82) is 0 Å². The summed E-state index contributed by atoms with van der Waals surface area (Å²) in [6.45, 7) is 3.06. The molecule has 0 aliphatic carbocycles. The number of benzene rings is 2. The molecule has 0 saturated carbocycles. The molecule has 0 amide bonds. The van der Waals surface area contributed by atoms with Crippen LogP contribution in [-0.2, 0) is 0 Å². The van der Waals surface area contributed by atoms with Crippen molar-refractivity contribution in [1.82, 2.24) is 4.98 Å². The van der Waals surface area contributed by atoms with Gasteiger partial charge in [0.25, 0.3) is 0 Å². The molecule has 128 valence electrons. The van der Waals surface area contributed by atoms with E-state index in [1.807, 2.05) is 18.5 Å². The van der Waals surface area contributed by atoms with Crippen molar-refractivity contribution in [3.05, 3.63) is 95.3 Å². The first-order valence-corrected chi connectivity index (χ1v) is 9.13. The highest BCUT2D eigenvalue weighted by Crippen LogP contribution is 2.26. The second-order valence-corrected chi connectivity index (χ2v) is 6.69. The Balaban J connectivity index is 1.72. The van der Waals surface area contributed by atoms with E-state index in [0.29, 0.717) is 0 Å². The Labute approximate surface area is 155 Å². The zero-order valence-corrected chi connectivity index (χ0v) is 15.0. The van der Waals surface area contributed by atoms with E-state index in [0.717, 1.165) is 30.7 Å². The molecule has 0 saturated heterocycles. The molecule has 3 aromatic rings. The largest absolute Gasteiger partial charge is 0.284 e. The molecule has 2 heteroatoms. The van der Waals surface area contributed by atoms with Crippen LogP contribution in [0, 0.1) is 6.92 Å². The molecule has 0 radical (unpaired) electrons. The van der Waals surface area contributed by atoms with E-state index >= 15 is 0 Å². The van der Waals surface area contributed by atoms with Gasteiger partial charge < -0.3 is 0 Å². The minimum Gasteiger partial charge on any atom is -0.284 e. The normalized spacial score (nSPS) is 15.7. The molecule has 0 N–H and O–H groups in total. The third-order valence-corrected chi connectivity index (χ3v) is 4.80. The first kappa shape index (κ1) is 16.5. The van der Waals surface area contributed by atoms with Gasteiger partial charge in [0.05, 0.1) is 5.71 Å². The molecule has 1 aliphatic rings. The Hall–Kier alpha value is -3.00. The third-order valence-electron chi connectivity index (χ3n) is 4.80. The van der Waals surface area contributed by atoms with Gasteiger partial charge in [-0.3, -0.25) is 9.98 Å². The van der Waals surface area contributed by atoms with E-state index in [1.165, 1.54) is 27.8 Å². The molecule has 0 fully saturated rings. The fourth-order valence-corrected chi connectivity index (χ4v) is 3.49. The molecule has 0 atom stereocenters. The molecule has 1 aromatic heterocycles. The third kappa shape index (κ3) is 3.50. The number of hydrogen-bond donors (Lipinski definition) is 0. The Kier molecular flexibility index (Phi) is 4.74. The smallest absolute Gasteiger partial charge is 0.0694 e. The molecule has 4 rings (SSSR count). The van der Waals surface area contributed by atoms with Crippen LogP contribution in [0.3, 0.4) is 0 Å². The number of nitrogens with zero attached hydrogens (tertiary/aromatic N) is 2. The summed E-state index contributed by atoms with van der Waals surface area (Å²) in [4.78, 5) is 9.04. The average Bonchev–Trinajstić information content (AvgIpc) is 2.70. The van der Waals surface area contributed by atoms with Crippen LogP contribution < -0.4 is 0 Å². The number of aliphatic imine (C=N–C) groups is 1. The van der Waals surface area contributed by atoms with Crippen molar-refractivity contribution in [2.24, 2.45) is 4.99 Å². The highest BCUT2D eigenvalue weighted by Gasteiger charge is 2.14. The summed E-state index contributed by atoms with van der Waals surface area (Å²) in [5.74, 6) is 0. The second-order valence-electron chi connectivity index (χ2n) is 6.69. The van der Waals surface area contributed by atoms with Crippen molar-refractivity contribution in [2.75, 3.05) is 6.54 Å². The number of rotatable bonds is 3. The Bertz CT molecular complexity index is 968. The Morgan fingerprint density at radius 3 is 2.65 bits per heavy atom. The van der Waals surface area contributed by atoms with Crippen LogP contribution >= 0.6 is 0 Å². The molecule has 0 bridgehead atoms. The molecular weight excluding hydrogens is 316 g/mol. The zero-order valence-electron chi connectivity index (χ0n) is 15.0. The minimum atomic E-state index is 0.894. The number of allylic oxidation sites excluding steroid dienone is 1. The average molecular weight is 338 g/mol. The Morgan fingerprint density at radius 2 is 1.81 bits per heavy atom. The van der Waals surface area contributed by atoms with E-state index in [-0.39, 0.29) is 0 Å². The van der Waals surface area contributed by atoms with Gasteiger partial charge >= 0.3 is 0 Å². The topological polar surface area (TPSA) is 25.2 Å². The summed E-state index contributed by atoms with van der Waals surface area (Å²) in [6.07, 6.45) is 8.16. The first-order valence-electron chi connectivity index (χ1n) is 9.13. The lowest BCUT2D eigenvalue weighted by atomic mass is 9.93. The van der Waals surface area contributed by atoms with Gasteiger partial charge in [0.1, 0.15) is 0 Å². The van der Waals surface area contributed by atoms with Gasteiger partial charge in [-0.15, -0.1) is 0 Å². The molecule has 2 nitrogen and oxygen atoms in total. The highest BCUT2D eigenvalue weighted by atomic mass is 14.8. The van der Waals surface area contributed by atoms with Crippen molar-refractivity contribution in [3.63, 3.8) is 0 Å². The number of hydrogen-bond acceptors (Lipinski definition) is 2. The lowest BCUT2D eigenvalue weighted by Gasteiger charge is -2.16. The second kappa shape index (κ2) is 7.49.